The van der Waals surface area contributed by atoms with Crippen LogP contribution in [0.2, 0.25) is 0 Å². The van der Waals surface area contributed by atoms with E-state index >= 15 is 0 Å². The molecule has 0 saturated carbocycles. The van der Waals surface area contributed by atoms with E-state index in [1.165, 1.54) is 0 Å². The normalized spacial score (nSPS) is 12.9. The number of hydrogen-bond donors (Lipinski definition) is 2. The average Bonchev–Trinajstić information content (AvgIpc) is 3.45. The first-order chi connectivity index (χ1) is 17.8. The number of nitrogens with zero attached hydrogens (tertiary/aromatic N) is 4. The zero-order chi connectivity index (χ0) is 26.4. The Morgan fingerprint density at radius 3 is 1.54 bits per heavy atom. The quantitative estimate of drug-likeness (QED) is 0.288. The summed E-state index contributed by atoms with van der Waals surface area (Å²) in [6.45, 7) is 5.34. The van der Waals surface area contributed by atoms with E-state index in [-0.39, 0.29) is 13.2 Å². The number of rotatable bonds is 12. The Kier molecular flexibility index (Phi) is 8.63. The van der Waals surface area contributed by atoms with Crippen molar-refractivity contribution in [1.29, 1.82) is 0 Å². The van der Waals surface area contributed by atoms with Gasteiger partial charge in [0.1, 0.15) is 74.8 Å². The van der Waals surface area contributed by atoms with Crippen molar-refractivity contribution in [3.05, 3.63) is 96.1 Å². The highest BCUT2D eigenvalue weighted by atomic mass is 16.5. The van der Waals surface area contributed by atoms with Gasteiger partial charge in [-0.05, 0) is 36.1 Å². The van der Waals surface area contributed by atoms with Gasteiger partial charge in [0.25, 0.3) is 0 Å². The topological polar surface area (TPSA) is 76.5 Å². The minimum absolute atomic E-state index is 0.195. The smallest absolute Gasteiger partial charge is 0.243 e. The van der Waals surface area contributed by atoms with E-state index in [2.05, 4.69) is 0 Å². The Morgan fingerprint density at radius 1 is 0.730 bits per heavy atom. The monoisotopic (exact) mass is 506 g/mol. The molecule has 2 atom stereocenters. The maximum Gasteiger partial charge on any atom is 0.243 e. The molecule has 0 bridgehead atoms. The van der Waals surface area contributed by atoms with E-state index in [1.54, 1.807) is 0 Å². The maximum atomic E-state index is 10.6. The van der Waals surface area contributed by atoms with Crippen LogP contribution < -0.4 is 18.6 Å². The average molecular weight is 507 g/mol. The van der Waals surface area contributed by atoms with Crippen LogP contribution in [0.5, 0.6) is 11.5 Å². The van der Waals surface area contributed by atoms with Gasteiger partial charge in [-0.3, -0.25) is 0 Å². The molecule has 37 heavy (non-hydrogen) atoms. The summed E-state index contributed by atoms with van der Waals surface area (Å²) in [7, 11) is 3.90. The summed E-state index contributed by atoms with van der Waals surface area (Å²) >= 11 is 0. The van der Waals surface area contributed by atoms with Crippen LogP contribution in [0.25, 0.3) is 0 Å². The molecule has 8 heteroatoms. The van der Waals surface area contributed by atoms with E-state index in [4.69, 9.17) is 9.47 Å². The summed E-state index contributed by atoms with van der Waals surface area (Å²) < 4.78 is 20.1. The molecule has 4 aromatic rings. The summed E-state index contributed by atoms with van der Waals surface area (Å²) in [4.78, 5) is 0. The first-order valence-corrected chi connectivity index (χ1v) is 12.6. The van der Waals surface area contributed by atoms with Crippen molar-refractivity contribution in [2.75, 3.05) is 13.2 Å². The summed E-state index contributed by atoms with van der Waals surface area (Å²) in [5, 5.41) is 21.1. The molecular formula is C29H38N4O4+2. The van der Waals surface area contributed by atoms with Gasteiger partial charge >= 0.3 is 0 Å². The molecule has 2 unspecified atom stereocenters. The lowest BCUT2D eigenvalue weighted by Crippen LogP contribution is -2.27. The van der Waals surface area contributed by atoms with Gasteiger partial charge in [0.15, 0.2) is 0 Å². The summed E-state index contributed by atoms with van der Waals surface area (Å²) in [6.07, 6.45) is 10.9. The van der Waals surface area contributed by atoms with Gasteiger partial charge in [-0.25, -0.2) is 18.3 Å². The molecule has 8 nitrogen and oxygen atoms in total. The fourth-order valence-electron chi connectivity index (χ4n) is 4.49. The van der Waals surface area contributed by atoms with Gasteiger partial charge in [-0.2, -0.15) is 0 Å². The summed E-state index contributed by atoms with van der Waals surface area (Å²) in [6, 6.07) is 12.2. The molecule has 0 amide bonds. The number of aliphatic hydroxyl groups is 2. The van der Waals surface area contributed by atoms with Crippen LogP contribution in [-0.4, -0.2) is 44.8 Å². The van der Waals surface area contributed by atoms with Crippen molar-refractivity contribution in [1.82, 2.24) is 9.13 Å². The van der Waals surface area contributed by atoms with Gasteiger partial charge in [0.05, 0.1) is 14.1 Å². The molecule has 2 aromatic heterocycles. The molecule has 0 saturated heterocycles. The zero-order valence-electron chi connectivity index (χ0n) is 22.1. The van der Waals surface area contributed by atoms with Crippen molar-refractivity contribution >= 4 is 0 Å². The van der Waals surface area contributed by atoms with Crippen molar-refractivity contribution < 1.29 is 28.8 Å². The fraction of sp³-hybridized carbons (Fsp3) is 0.379. The minimum Gasteiger partial charge on any atom is -0.490 e. The van der Waals surface area contributed by atoms with Crippen molar-refractivity contribution in [2.24, 2.45) is 14.1 Å². The largest absolute Gasteiger partial charge is 0.490 e. The van der Waals surface area contributed by atoms with Crippen LogP contribution in [0, 0.1) is 13.8 Å². The van der Waals surface area contributed by atoms with Crippen molar-refractivity contribution in [3.63, 3.8) is 0 Å². The molecule has 2 aromatic carbocycles. The Hall–Kier alpha value is -3.62. The van der Waals surface area contributed by atoms with Crippen LogP contribution in [0.3, 0.4) is 0 Å². The van der Waals surface area contributed by atoms with Gasteiger partial charge in [-0.15, -0.1) is 0 Å². The highest BCUT2D eigenvalue weighted by molar-refractivity contribution is 5.48. The zero-order valence-corrected chi connectivity index (χ0v) is 22.1. The molecule has 4 rings (SSSR count). The van der Waals surface area contributed by atoms with Gasteiger partial charge in [0.2, 0.25) is 12.7 Å². The third-order valence-electron chi connectivity index (χ3n) is 6.30. The second kappa shape index (κ2) is 12.1. The third-order valence-corrected chi connectivity index (χ3v) is 6.30. The Morgan fingerprint density at radius 2 is 1.16 bits per heavy atom. The van der Waals surface area contributed by atoms with E-state index in [0.717, 1.165) is 33.8 Å². The van der Waals surface area contributed by atoms with Crippen molar-refractivity contribution in [3.8, 4) is 11.5 Å². The molecule has 0 fully saturated rings. The highest BCUT2D eigenvalue weighted by Gasteiger charge is 2.17. The number of ether oxygens (including phenoxy) is 2. The second-order valence-electron chi connectivity index (χ2n) is 9.78. The molecule has 2 heterocycles. The number of imidazole rings is 2. The van der Waals surface area contributed by atoms with Crippen LogP contribution in [0.1, 0.15) is 22.3 Å². The number of aryl methyl sites for hydroxylation is 4. The second-order valence-corrected chi connectivity index (χ2v) is 9.78. The summed E-state index contributed by atoms with van der Waals surface area (Å²) in [5.41, 5.74) is 4.08. The minimum atomic E-state index is -0.637. The van der Waals surface area contributed by atoms with E-state index < -0.39 is 12.2 Å². The van der Waals surface area contributed by atoms with E-state index in [1.807, 2.05) is 120 Å². The number of aliphatic hydroxyl groups excluding tert-OH is 2. The standard InChI is InChI=1S/C29H38N4O4/c1-22-7-5-9-24(28(22)36-18-26(34)16-32-13-11-30(3)20-32)15-25-10-6-8-23(2)29(25)37-19-27(35)17-33-14-12-31(4)21-33/h5-14,20-21,26-27,34-35H,15-19H2,1-4H3/q+2. The van der Waals surface area contributed by atoms with Crippen molar-refractivity contribution in [2.45, 2.75) is 45.6 Å². The van der Waals surface area contributed by atoms with Crippen LogP contribution in [0.4, 0.5) is 0 Å². The predicted octanol–water partition coefficient (Wildman–Crippen LogP) is 2.03. The van der Waals surface area contributed by atoms with E-state index in [0.29, 0.717) is 19.5 Å². The van der Waals surface area contributed by atoms with Crippen LogP contribution in [-0.2, 0) is 33.6 Å². The SMILES string of the molecule is Cc1cccc(Cc2cccc(C)c2OCC(O)Cn2cc[n+](C)c2)c1OCC(O)Cn1cc[n+](C)c1. The molecular weight excluding hydrogens is 468 g/mol. The van der Waals surface area contributed by atoms with Gasteiger partial charge < -0.3 is 19.7 Å². The third kappa shape index (κ3) is 7.21. The number of aromatic nitrogens is 4. The maximum absolute atomic E-state index is 10.6. The van der Waals surface area contributed by atoms with Gasteiger partial charge in [-0.1, -0.05) is 36.4 Å². The first kappa shape index (κ1) is 26.4. The first-order valence-electron chi connectivity index (χ1n) is 12.6. The Balaban J connectivity index is 1.43. The number of benzene rings is 2. The lowest BCUT2D eigenvalue weighted by molar-refractivity contribution is -0.671. The van der Waals surface area contributed by atoms with Crippen LogP contribution >= 0.6 is 0 Å². The molecule has 0 aliphatic heterocycles. The van der Waals surface area contributed by atoms with E-state index in [9.17, 15) is 10.2 Å². The molecule has 0 aliphatic rings. The molecule has 196 valence electrons. The Labute approximate surface area is 218 Å². The lowest BCUT2D eigenvalue weighted by Gasteiger charge is -2.19. The predicted molar refractivity (Wildman–Crippen MR) is 139 cm³/mol. The summed E-state index contributed by atoms with van der Waals surface area (Å²) in [5.74, 6) is 1.57. The molecule has 0 spiro atoms. The number of para-hydroxylation sites is 2. The Bertz CT molecular complexity index is 1210. The molecule has 0 radical (unpaired) electrons. The highest BCUT2D eigenvalue weighted by Crippen LogP contribution is 2.31. The fourth-order valence-corrected chi connectivity index (χ4v) is 4.49. The number of hydrogen-bond acceptors (Lipinski definition) is 4. The lowest BCUT2D eigenvalue weighted by atomic mass is 9.99. The molecule has 2 N–H and O–H groups in total. The molecule has 0 aliphatic carbocycles. The van der Waals surface area contributed by atoms with Crippen LogP contribution in [0.15, 0.2) is 73.8 Å². The van der Waals surface area contributed by atoms with Gasteiger partial charge in [0, 0.05) is 6.42 Å².